The summed E-state index contributed by atoms with van der Waals surface area (Å²) in [6, 6.07) is 8.21. The predicted molar refractivity (Wildman–Crippen MR) is 65.4 cm³/mol. The number of hydrogen-bond acceptors (Lipinski definition) is 1. The van der Waals surface area contributed by atoms with Crippen LogP contribution in [0.25, 0.3) is 0 Å². The Labute approximate surface area is 92.8 Å². The zero-order valence-electron chi connectivity index (χ0n) is 10.1. The molecule has 15 heavy (non-hydrogen) atoms. The highest BCUT2D eigenvalue weighted by Crippen LogP contribution is 2.34. The second kappa shape index (κ2) is 4.52. The van der Waals surface area contributed by atoms with Crippen LogP contribution in [0.1, 0.15) is 26.3 Å². The molecule has 0 aliphatic rings. The van der Waals surface area contributed by atoms with Crippen LogP contribution in [-0.2, 0) is 5.41 Å². The van der Waals surface area contributed by atoms with E-state index in [9.17, 15) is 0 Å². The molecule has 1 heteroatoms. The minimum atomic E-state index is 0.00847. The first-order valence-corrected chi connectivity index (χ1v) is 5.32. The van der Waals surface area contributed by atoms with Crippen LogP contribution in [0.4, 0.5) is 0 Å². The van der Waals surface area contributed by atoms with Crippen molar-refractivity contribution in [3.05, 3.63) is 42.5 Å². The van der Waals surface area contributed by atoms with E-state index in [1.807, 2.05) is 18.2 Å². The lowest BCUT2D eigenvalue weighted by Gasteiger charge is -2.31. The van der Waals surface area contributed by atoms with Crippen molar-refractivity contribution in [3.8, 4) is 5.75 Å². The van der Waals surface area contributed by atoms with Crippen LogP contribution in [0.2, 0.25) is 0 Å². The number of rotatable bonds is 4. The average Bonchev–Trinajstić information content (AvgIpc) is 2.27. The van der Waals surface area contributed by atoms with Gasteiger partial charge in [0.2, 0.25) is 0 Å². The van der Waals surface area contributed by atoms with Gasteiger partial charge in [0.05, 0.1) is 7.11 Å². The largest absolute Gasteiger partial charge is 0.497 e. The maximum absolute atomic E-state index is 5.24. The molecular weight excluding hydrogens is 184 g/mol. The summed E-state index contributed by atoms with van der Waals surface area (Å²) in [5.74, 6) is 1.42. The molecule has 1 rings (SSSR count). The lowest BCUT2D eigenvalue weighted by molar-refractivity contribution is 0.401. The molecule has 0 spiro atoms. The van der Waals surface area contributed by atoms with Gasteiger partial charge < -0.3 is 4.74 Å². The van der Waals surface area contributed by atoms with Gasteiger partial charge >= 0.3 is 0 Å². The van der Waals surface area contributed by atoms with Crippen LogP contribution in [-0.4, -0.2) is 7.11 Å². The molecule has 0 aromatic heterocycles. The molecule has 0 bridgehead atoms. The fourth-order valence-corrected chi connectivity index (χ4v) is 1.65. The third kappa shape index (κ3) is 2.23. The third-order valence-corrected chi connectivity index (χ3v) is 3.32. The third-order valence-electron chi connectivity index (χ3n) is 3.32. The molecule has 0 heterocycles. The molecule has 0 amide bonds. The van der Waals surface area contributed by atoms with E-state index in [0.29, 0.717) is 5.92 Å². The summed E-state index contributed by atoms with van der Waals surface area (Å²) >= 11 is 0. The molecule has 0 aliphatic heterocycles. The lowest BCUT2D eigenvalue weighted by Crippen LogP contribution is -2.25. The van der Waals surface area contributed by atoms with Gasteiger partial charge in [-0.1, -0.05) is 39.0 Å². The molecule has 82 valence electrons. The highest BCUT2D eigenvalue weighted by molar-refractivity contribution is 5.36. The van der Waals surface area contributed by atoms with Gasteiger partial charge in [-0.25, -0.2) is 0 Å². The summed E-state index contributed by atoms with van der Waals surface area (Å²) < 4.78 is 5.24. The van der Waals surface area contributed by atoms with Gasteiger partial charge in [-0.2, -0.15) is 0 Å². The lowest BCUT2D eigenvalue weighted by atomic mass is 9.73. The molecular formula is C14H20O. The van der Waals surface area contributed by atoms with Gasteiger partial charge in [0.25, 0.3) is 0 Å². The second-order valence-electron chi connectivity index (χ2n) is 4.37. The van der Waals surface area contributed by atoms with Gasteiger partial charge in [-0.15, -0.1) is 6.58 Å². The van der Waals surface area contributed by atoms with Crippen molar-refractivity contribution in [2.75, 3.05) is 7.11 Å². The minimum Gasteiger partial charge on any atom is -0.497 e. The number of ether oxygens (including phenoxy) is 1. The van der Waals surface area contributed by atoms with Gasteiger partial charge in [0.15, 0.2) is 0 Å². The van der Waals surface area contributed by atoms with E-state index in [0.717, 1.165) is 5.75 Å². The zero-order valence-corrected chi connectivity index (χ0v) is 10.1. The molecule has 0 saturated heterocycles. The standard InChI is InChI=1S/C14H20O/c1-6-14(4,11(2)3)12-8-7-9-13(10-12)15-5/h6-11H,1H2,2-5H3/t14-/m1/s1. The summed E-state index contributed by atoms with van der Waals surface area (Å²) in [5, 5.41) is 0. The summed E-state index contributed by atoms with van der Waals surface area (Å²) in [6.07, 6.45) is 2.02. The van der Waals surface area contributed by atoms with Crippen molar-refractivity contribution in [1.29, 1.82) is 0 Å². The van der Waals surface area contributed by atoms with Crippen LogP contribution in [0.5, 0.6) is 5.75 Å². The Kier molecular flexibility index (Phi) is 3.57. The van der Waals surface area contributed by atoms with Crippen molar-refractivity contribution in [3.63, 3.8) is 0 Å². The molecule has 0 fully saturated rings. The Bertz CT molecular complexity index is 341. The molecule has 0 saturated carbocycles. The normalized spacial score (nSPS) is 14.7. The number of methoxy groups -OCH3 is 1. The molecule has 1 aromatic rings. The highest BCUT2D eigenvalue weighted by atomic mass is 16.5. The van der Waals surface area contributed by atoms with Crippen LogP contribution < -0.4 is 4.74 Å². The first kappa shape index (κ1) is 11.8. The summed E-state index contributed by atoms with van der Waals surface area (Å²) in [7, 11) is 1.69. The highest BCUT2D eigenvalue weighted by Gasteiger charge is 2.26. The first-order chi connectivity index (χ1) is 7.04. The summed E-state index contributed by atoms with van der Waals surface area (Å²) in [4.78, 5) is 0. The Hall–Kier alpha value is -1.24. The SMILES string of the molecule is C=C[C@@](C)(c1cccc(OC)c1)C(C)C. The van der Waals surface area contributed by atoms with Crippen molar-refractivity contribution in [2.45, 2.75) is 26.2 Å². The quantitative estimate of drug-likeness (QED) is 0.678. The van der Waals surface area contributed by atoms with Crippen molar-refractivity contribution >= 4 is 0 Å². The van der Waals surface area contributed by atoms with Crippen LogP contribution in [0.3, 0.4) is 0 Å². The Morgan fingerprint density at radius 1 is 1.40 bits per heavy atom. The maximum atomic E-state index is 5.24. The number of allylic oxidation sites excluding steroid dienone is 1. The molecule has 0 aliphatic carbocycles. The fourth-order valence-electron chi connectivity index (χ4n) is 1.65. The van der Waals surface area contributed by atoms with Crippen LogP contribution in [0.15, 0.2) is 36.9 Å². The van der Waals surface area contributed by atoms with Gasteiger partial charge in [-0.05, 0) is 23.6 Å². The number of benzene rings is 1. The van der Waals surface area contributed by atoms with Crippen molar-refractivity contribution < 1.29 is 4.74 Å². The van der Waals surface area contributed by atoms with Gasteiger partial charge in [0, 0.05) is 5.41 Å². The first-order valence-electron chi connectivity index (χ1n) is 5.32. The summed E-state index contributed by atoms with van der Waals surface area (Å²) in [6.45, 7) is 10.6. The van der Waals surface area contributed by atoms with Crippen LogP contribution in [0, 0.1) is 5.92 Å². The van der Waals surface area contributed by atoms with E-state index >= 15 is 0 Å². The molecule has 1 atom stereocenters. The molecule has 0 N–H and O–H groups in total. The summed E-state index contributed by atoms with van der Waals surface area (Å²) in [5.41, 5.74) is 1.26. The van der Waals surface area contributed by atoms with E-state index < -0.39 is 0 Å². The fraction of sp³-hybridized carbons (Fsp3) is 0.429. The van der Waals surface area contributed by atoms with E-state index in [1.54, 1.807) is 7.11 Å². The van der Waals surface area contributed by atoms with E-state index in [4.69, 9.17) is 4.74 Å². The second-order valence-corrected chi connectivity index (χ2v) is 4.37. The van der Waals surface area contributed by atoms with Gasteiger partial charge in [-0.3, -0.25) is 0 Å². The zero-order chi connectivity index (χ0) is 11.5. The number of hydrogen-bond donors (Lipinski definition) is 0. The topological polar surface area (TPSA) is 9.23 Å². The van der Waals surface area contributed by atoms with E-state index in [2.05, 4.69) is 39.5 Å². The average molecular weight is 204 g/mol. The molecule has 0 radical (unpaired) electrons. The predicted octanol–water partition coefficient (Wildman–Crippen LogP) is 3.79. The smallest absolute Gasteiger partial charge is 0.119 e. The maximum Gasteiger partial charge on any atom is 0.119 e. The van der Waals surface area contributed by atoms with E-state index in [-0.39, 0.29) is 5.41 Å². The molecule has 1 aromatic carbocycles. The Morgan fingerprint density at radius 3 is 2.53 bits per heavy atom. The molecule has 0 unspecified atom stereocenters. The van der Waals surface area contributed by atoms with Crippen molar-refractivity contribution in [2.24, 2.45) is 5.92 Å². The Morgan fingerprint density at radius 2 is 2.07 bits per heavy atom. The monoisotopic (exact) mass is 204 g/mol. The van der Waals surface area contributed by atoms with Crippen molar-refractivity contribution in [1.82, 2.24) is 0 Å². The Balaban J connectivity index is 3.17. The van der Waals surface area contributed by atoms with E-state index in [1.165, 1.54) is 5.56 Å². The van der Waals surface area contributed by atoms with Gasteiger partial charge in [0.1, 0.15) is 5.75 Å². The minimum absolute atomic E-state index is 0.00847. The molecule has 1 nitrogen and oxygen atoms in total. The van der Waals surface area contributed by atoms with Crippen LogP contribution >= 0.6 is 0 Å².